The first-order valence-corrected chi connectivity index (χ1v) is 19.2. The molecule has 0 saturated heterocycles. The second-order valence-corrected chi connectivity index (χ2v) is 14.0. The number of carbonyl (C=O) groups is 4. The van der Waals surface area contributed by atoms with Gasteiger partial charge in [-0.25, -0.2) is 19.2 Å². The first kappa shape index (κ1) is 41.1. The highest BCUT2D eigenvalue weighted by atomic mass is 127. The molecule has 0 heterocycles. The maximum atomic E-state index is 12.9. The number of rotatable bonds is 19. The van der Waals surface area contributed by atoms with Gasteiger partial charge in [-0.1, -0.05) is 77.5 Å². The number of ether oxygens (including phenoxy) is 5. The molecule has 0 radical (unpaired) electrons. The van der Waals surface area contributed by atoms with Crippen LogP contribution in [-0.4, -0.2) is 43.2 Å². The van der Waals surface area contributed by atoms with Crippen molar-refractivity contribution in [1.82, 2.24) is 0 Å². The van der Waals surface area contributed by atoms with Gasteiger partial charge in [0.05, 0.1) is 33.5 Å². The Balaban J connectivity index is 1.24. The maximum Gasteiger partial charge on any atom is 0.347 e. The second-order valence-electron chi connectivity index (χ2n) is 12.9. The van der Waals surface area contributed by atoms with Crippen molar-refractivity contribution in [2.75, 3.05) is 13.2 Å². The summed E-state index contributed by atoms with van der Waals surface area (Å²) in [4.78, 5) is 50.2. The van der Waals surface area contributed by atoms with Gasteiger partial charge in [-0.3, -0.25) is 0 Å². The highest BCUT2D eigenvalue weighted by Gasteiger charge is 2.21. The molecule has 0 amide bonds. The Morgan fingerprint density at radius 2 is 1.13 bits per heavy atom. The van der Waals surface area contributed by atoms with Crippen LogP contribution in [0.25, 0.3) is 11.1 Å². The van der Waals surface area contributed by atoms with Crippen molar-refractivity contribution in [2.24, 2.45) is 5.92 Å². The fourth-order valence-corrected chi connectivity index (χ4v) is 5.72. The van der Waals surface area contributed by atoms with Crippen LogP contribution in [0.1, 0.15) is 104 Å². The molecule has 0 saturated carbocycles. The van der Waals surface area contributed by atoms with Crippen molar-refractivity contribution in [3.05, 3.63) is 111 Å². The third-order valence-corrected chi connectivity index (χ3v) is 9.41. The Hall–Kier alpha value is -4.71. The van der Waals surface area contributed by atoms with E-state index in [-0.39, 0.29) is 35.2 Å². The maximum absolute atomic E-state index is 12.9. The van der Waals surface area contributed by atoms with E-state index in [9.17, 15) is 19.2 Å². The van der Waals surface area contributed by atoms with Gasteiger partial charge in [0.25, 0.3) is 0 Å². The van der Waals surface area contributed by atoms with Gasteiger partial charge in [0.1, 0.15) is 17.2 Å². The molecule has 4 aromatic carbocycles. The number of hydrogen-bond donors (Lipinski definition) is 0. The van der Waals surface area contributed by atoms with Crippen LogP contribution in [0.15, 0.2) is 91.0 Å². The second kappa shape index (κ2) is 21.1. The van der Waals surface area contributed by atoms with Gasteiger partial charge in [0, 0.05) is 0 Å². The van der Waals surface area contributed by atoms with E-state index < -0.39 is 30.0 Å². The van der Waals surface area contributed by atoms with Gasteiger partial charge in [-0.2, -0.15) is 0 Å². The summed E-state index contributed by atoms with van der Waals surface area (Å²) in [6, 6.07) is 25.0. The Labute approximate surface area is 325 Å². The highest BCUT2D eigenvalue weighted by molar-refractivity contribution is 14.1. The number of carbonyl (C=O) groups excluding carboxylic acids is 4. The van der Waals surface area contributed by atoms with Crippen molar-refractivity contribution in [3.8, 4) is 28.4 Å². The largest absolute Gasteiger partial charge is 0.492 e. The van der Waals surface area contributed by atoms with Gasteiger partial charge in [0.2, 0.25) is 0 Å². The van der Waals surface area contributed by atoms with Crippen LogP contribution in [-0.2, 0) is 14.3 Å². The lowest BCUT2D eigenvalue weighted by molar-refractivity contribution is -0.154. The molecule has 0 N–H and O–H groups in total. The molecule has 0 spiro atoms. The van der Waals surface area contributed by atoms with E-state index in [0.717, 1.165) is 33.3 Å². The molecule has 53 heavy (non-hydrogen) atoms. The standard InChI is InChI=1S/C43H47IO9/c1-5-7-8-9-10-11-26-49-39-25-20-35(27-38(39)44)31-12-14-32(15-13-31)42(47)52-37-23-18-34(19-24-37)43(48)53-36-21-16-33(17-22-36)41(46)51-30(4)40(45)50-28-29(3)6-2/h12-25,27,29-30H,5-11,26,28H2,1-4H3. The van der Waals surface area contributed by atoms with E-state index in [1.54, 1.807) is 12.1 Å². The van der Waals surface area contributed by atoms with E-state index in [1.807, 2.05) is 38.1 Å². The van der Waals surface area contributed by atoms with Gasteiger partial charge < -0.3 is 23.7 Å². The zero-order valence-corrected chi connectivity index (χ0v) is 32.9. The van der Waals surface area contributed by atoms with Crippen molar-refractivity contribution < 1.29 is 42.9 Å². The lowest BCUT2D eigenvalue weighted by atomic mass is 10.0. The van der Waals surface area contributed by atoms with Gasteiger partial charge in [-0.05, 0) is 126 Å². The first-order chi connectivity index (χ1) is 25.6. The predicted octanol–water partition coefficient (Wildman–Crippen LogP) is 10.3. The monoisotopic (exact) mass is 834 g/mol. The van der Waals surface area contributed by atoms with Crippen LogP contribution >= 0.6 is 22.6 Å². The third kappa shape index (κ3) is 13.0. The van der Waals surface area contributed by atoms with Gasteiger partial charge in [-0.15, -0.1) is 0 Å². The molecular formula is C43H47IO9. The molecule has 4 rings (SSSR count). The average Bonchev–Trinajstić information content (AvgIpc) is 3.17. The van der Waals surface area contributed by atoms with Crippen molar-refractivity contribution in [3.63, 3.8) is 0 Å². The van der Waals surface area contributed by atoms with Crippen LogP contribution in [0.3, 0.4) is 0 Å². The molecule has 9 nitrogen and oxygen atoms in total. The van der Waals surface area contributed by atoms with Crippen molar-refractivity contribution in [2.45, 2.75) is 78.7 Å². The summed E-state index contributed by atoms with van der Waals surface area (Å²) in [7, 11) is 0. The molecule has 0 aromatic heterocycles. The summed E-state index contributed by atoms with van der Waals surface area (Å²) in [6.45, 7) is 8.59. The molecule has 2 unspecified atom stereocenters. The molecule has 0 fully saturated rings. The number of benzene rings is 4. The third-order valence-electron chi connectivity index (χ3n) is 8.57. The minimum Gasteiger partial charge on any atom is -0.492 e. The Morgan fingerprint density at radius 1 is 0.623 bits per heavy atom. The van der Waals surface area contributed by atoms with E-state index in [4.69, 9.17) is 23.7 Å². The number of hydrogen-bond acceptors (Lipinski definition) is 9. The normalized spacial score (nSPS) is 11.9. The Bertz CT molecular complexity index is 1800. The summed E-state index contributed by atoms with van der Waals surface area (Å²) >= 11 is 2.29. The van der Waals surface area contributed by atoms with E-state index in [0.29, 0.717) is 12.2 Å². The summed E-state index contributed by atoms with van der Waals surface area (Å²) in [5.74, 6) is -0.940. The molecular weight excluding hydrogens is 787 g/mol. The summed E-state index contributed by atoms with van der Waals surface area (Å²) in [5, 5.41) is 0. The van der Waals surface area contributed by atoms with E-state index >= 15 is 0 Å². The molecule has 0 bridgehead atoms. The SMILES string of the molecule is CCCCCCCCOc1ccc(-c2ccc(C(=O)Oc3ccc(C(=O)Oc4ccc(C(=O)OC(C)C(=O)OCC(C)CC)cc4)cc3)cc2)cc1I. The fourth-order valence-electron chi connectivity index (χ4n) is 5.05. The zero-order valence-electron chi connectivity index (χ0n) is 30.7. The van der Waals surface area contributed by atoms with Crippen LogP contribution in [0.5, 0.6) is 17.2 Å². The zero-order chi connectivity index (χ0) is 38.2. The first-order valence-electron chi connectivity index (χ1n) is 18.1. The predicted molar refractivity (Wildman–Crippen MR) is 212 cm³/mol. The molecule has 2 atom stereocenters. The van der Waals surface area contributed by atoms with Crippen molar-refractivity contribution >= 4 is 46.5 Å². The molecule has 280 valence electrons. The quantitative estimate of drug-likeness (QED) is 0.0394. The molecule has 4 aromatic rings. The van der Waals surface area contributed by atoms with Gasteiger partial charge >= 0.3 is 23.9 Å². The lowest BCUT2D eigenvalue weighted by Gasteiger charge is -2.15. The van der Waals surface area contributed by atoms with Crippen LogP contribution in [0.2, 0.25) is 0 Å². The molecule has 10 heteroatoms. The lowest BCUT2D eigenvalue weighted by Crippen LogP contribution is -2.27. The topological polar surface area (TPSA) is 114 Å². The number of esters is 4. The molecule has 0 aliphatic rings. The average molecular weight is 835 g/mol. The van der Waals surface area contributed by atoms with E-state index in [1.165, 1.54) is 87.6 Å². The smallest absolute Gasteiger partial charge is 0.347 e. The van der Waals surface area contributed by atoms with Crippen LogP contribution in [0, 0.1) is 9.49 Å². The molecule has 0 aliphatic carbocycles. The van der Waals surface area contributed by atoms with Crippen LogP contribution < -0.4 is 14.2 Å². The Kier molecular flexibility index (Phi) is 16.3. The summed E-state index contributed by atoms with van der Waals surface area (Å²) < 4.78 is 28.4. The molecule has 0 aliphatic heterocycles. The minimum atomic E-state index is -1.06. The van der Waals surface area contributed by atoms with Crippen LogP contribution in [0.4, 0.5) is 0 Å². The summed E-state index contributed by atoms with van der Waals surface area (Å²) in [5.41, 5.74) is 2.77. The Morgan fingerprint density at radius 3 is 1.68 bits per heavy atom. The van der Waals surface area contributed by atoms with Gasteiger partial charge in [0.15, 0.2) is 6.10 Å². The van der Waals surface area contributed by atoms with Crippen molar-refractivity contribution in [1.29, 1.82) is 0 Å². The fraction of sp³-hybridized carbons (Fsp3) is 0.349. The number of unbranched alkanes of at least 4 members (excludes halogenated alkanes) is 5. The number of halogens is 1. The minimum absolute atomic E-state index is 0.181. The van der Waals surface area contributed by atoms with E-state index in [2.05, 4.69) is 35.6 Å². The highest BCUT2D eigenvalue weighted by Crippen LogP contribution is 2.29. The summed E-state index contributed by atoms with van der Waals surface area (Å²) in [6.07, 6.45) is 7.11.